The zero-order valence-electron chi connectivity index (χ0n) is 16.4. The first-order chi connectivity index (χ1) is 13.7. The van der Waals surface area contributed by atoms with Crippen molar-refractivity contribution in [2.24, 2.45) is 7.05 Å². The standard InChI is InChI=1S/C19H21ClN4O5/c1-11-14(19(20)24(3)23-11)6-8-18(27)29-10-17(26)22-15-9-13(21-12(2)25)5-7-16(15)28-4/h5-9H,10H2,1-4H3,(H,21,25)(H,22,26)/b8-6+. The first-order valence-corrected chi connectivity index (χ1v) is 8.88. The molecule has 154 valence electrons. The Labute approximate surface area is 172 Å². The second-order valence-corrected chi connectivity index (χ2v) is 6.36. The molecule has 10 heteroatoms. The second kappa shape index (κ2) is 9.74. The number of methoxy groups -OCH3 is 1. The Balaban J connectivity index is 1.96. The number of halogens is 1. The van der Waals surface area contributed by atoms with Gasteiger partial charge in [-0.05, 0) is 31.2 Å². The third-order valence-corrected chi connectivity index (χ3v) is 4.17. The fourth-order valence-corrected chi connectivity index (χ4v) is 2.68. The van der Waals surface area contributed by atoms with E-state index in [0.717, 1.165) is 0 Å². The highest BCUT2D eigenvalue weighted by Gasteiger charge is 2.12. The molecule has 29 heavy (non-hydrogen) atoms. The summed E-state index contributed by atoms with van der Waals surface area (Å²) in [5, 5.41) is 9.69. The molecule has 0 atom stereocenters. The monoisotopic (exact) mass is 420 g/mol. The van der Waals surface area contributed by atoms with Crippen molar-refractivity contribution in [3.8, 4) is 5.75 Å². The summed E-state index contributed by atoms with van der Waals surface area (Å²) in [6.45, 7) is 2.62. The molecule has 0 aliphatic carbocycles. The molecule has 1 aromatic carbocycles. The van der Waals surface area contributed by atoms with Crippen molar-refractivity contribution in [1.82, 2.24) is 9.78 Å². The number of aromatic nitrogens is 2. The summed E-state index contributed by atoms with van der Waals surface area (Å²) in [6.07, 6.45) is 2.64. The van der Waals surface area contributed by atoms with E-state index in [-0.39, 0.29) is 5.91 Å². The average molecular weight is 421 g/mol. The molecule has 1 aromatic heterocycles. The van der Waals surface area contributed by atoms with Crippen LogP contribution in [0, 0.1) is 6.92 Å². The smallest absolute Gasteiger partial charge is 0.331 e. The number of carbonyl (C=O) groups is 3. The highest BCUT2D eigenvalue weighted by molar-refractivity contribution is 6.31. The molecule has 1 heterocycles. The van der Waals surface area contributed by atoms with Crippen LogP contribution in [0.2, 0.25) is 5.15 Å². The van der Waals surface area contributed by atoms with E-state index in [1.54, 1.807) is 26.1 Å². The van der Waals surface area contributed by atoms with Gasteiger partial charge >= 0.3 is 5.97 Å². The first kappa shape index (κ1) is 22.0. The molecule has 0 bridgehead atoms. The molecule has 0 radical (unpaired) electrons. The van der Waals surface area contributed by atoms with Crippen molar-refractivity contribution in [2.75, 3.05) is 24.4 Å². The van der Waals surface area contributed by atoms with Gasteiger partial charge in [-0.15, -0.1) is 0 Å². The van der Waals surface area contributed by atoms with E-state index in [1.807, 2.05) is 0 Å². The van der Waals surface area contributed by atoms with Crippen LogP contribution in [-0.4, -0.2) is 41.3 Å². The SMILES string of the molecule is COc1ccc(NC(C)=O)cc1NC(=O)COC(=O)/C=C/c1c(C)nn(C)c1Cl. The Morgan fingerprint density at radius 1 is 1.28 bits per heavy atom. The summed E-state index contributed by atoms with van der Waals surface area (Å²) in [5.41, 5.74) is 2.06. The van der Waals surface area contributed by atoms with Crippen LogP contribution in [0.3, 0.4) is 0 Å². The number of benzene rings is 1. The average Bonchev–Trinajstić information content (AvgIpc) is 2.89. The second-order valence-electron chi connectivity index (χ2n) is 6.00. The van der Waals surface area contributed by atoms with Crippen LogP contribution in [0.15, 0.2) is 24.3 Å². The quantitative estimate of drug-likeness (QED) is 0.526. The molecule has 0 aliphatic heterocycles. The third-order valence-electron chi connectivity index (χ3n) is 3.72. The van der Waals surface area contributed by atoms with Crippen LogP contribution >= 0.6 is 11.6 Å². The molecule has 2 N–H and O–H groups in total. The van der Waals surface area contributed by atoms with E-state index in [9.17, 15) is 14.4 Å². The van der Waals surface area contributed by atoms with Crippen LogP contribution in [-0.2, 0) is 26.2 Å². The molecule has 0 fully saturated rings. The Morgan fingerprint density at radius 2 is 2.00 bits per heavy atom. The van der Waals surface area contributed by atoms with E-state index < -0.39 is 18.5 Å². The van der Waals surface area contributed by atoms with Crippen LogP contribution in [0.1, 0.15) is 18.2 Å². The number of amides is 2. The van der Waals surface area contributed by atoms with Gasteiger partial charge in [0.1, 0.15) is 10.9 Å². The van der Waals surface area contributed by atoms with Crippen LogP contribution in [0.5, 0.6) is 5.75 Å². The number of aryl methyl sites for hydroxylation is 2. The summed E-state index contributed by atoms with van der Waals surface area (Å²) in [4.78, 5) is 35.2. The van der Waals surface area contributed by atoms with Crippen molar-refractivity contribution in [3.05, 3.63) is 40.7 Å². The Hall–Kier alpha value is -3.33. The van der Waals surface area contributed by atoms with Crippen LogP contribution < -0.4 is 15.4 Å². The normalized spacial score (nSPS) is 10.7. The summed E-state index contributed by atoms with van der Waals surface area (Å²) in [6, 6.07) is 4.76. The molecule has 0 unspecified atom stereocenters. The lowest BCUT2D eigenvalue weighted by Gasteiger charge is -2.12. The minimum atomic E-state index is -0.710. The number of nitrogens with one attached hydrogen (secondary N) is 2. The van der Waals surface area contributed by atoms with Gasteiger partial charge in [-0.2, -0.15) is 5.10 Å². The largest absolute Gasteiger partial charge is 0.495 e. The number of carbonyl (C=O) groups excluding carboxylic acids is 3. The maximum absolute atomic E-state index is 12.1. The summed E-state index contributed by atoms with van der Waals surface area (Å²) in [5.74, 6) is -1.14. The number of hydrogen-bond acceptors (Lipinski definition) is 6. The van der Waals surface area contributed by atoms with Crippen molar-refractivity contribution in [2.45, 2.75) is 13.8 Å². The van der Waals surface area contributed by atoms with Gasteiger partial charge in [0, 0.05) is 31.3 Å². The van der Waals surface area contributed by atoms with Gasteiger partial charge in [0.2, 0.25) is 5.91 Å². The third kappa shape index (κ3) is 6.08. The molecule has 9 nitrogen and oxygen atoms in total. The van der Waals surface area contributed by atoms with Crippen molar-refractivity contribution >= 4 is 46.8 Å². The van der Waals surface area contributed by atoms with Gasteiger partial charge in [0.25, 0.3) is 5.91 Å². The number of esters is 1. The highest BCUT2D eigenvalue weighted by Crippen LogP contribution is 2.27. The molecule has 2 rings (SSSR count). The van der Waals surface area contributed by atoms with Crippen molar-refractivity contribution < 1.29 is 23.9 Å². The van der Waals surface area contributed by atoms with Gasteiger partial charge in [-0.3, -0.25) is 14.3 Å². The van der Waals surface area contributed by atoms with E-state index in [2.05, 4.69) is 15.7 Å². The number of nitrogens with zero attached hydrogens (tertiary/aromatic N) is 2. The lowest BCUT2D eigenvalue weighted by molar-refractivity contribution is -0.142. The van der Waals surface area contributed by atoms with E-state index in [4.69, 9.17) is 21.1 Å². The number of ether oxygens (including phenoxy) is 2. The maximum Gasteiger partial charge on any atom is 0.331 e. The van der Waals surface area contributed by atoms with Crippen LogP contribution in [0.4, 0.5) is 11.4 Å². The number of rotatable bonds is 7. The summed E-state index contributed by atoms with van der Waals surface area (Å²) < 4.78 is 11.6. The lowest BCUT2D eigenvalue weighted by Crippen LogP contribution is -2.20. The van der Waals surface area contributed by atoms with E-state index in [1.165, 1.54) is 36.9 Å². The van der Waals surface area contributed by atoms with Crippen molar-refractivity contribution in [3.63, 3.8) is 0 Å². The van der Waals surface area contributed by atoms with Gasteiger partial charge in [0.15, 0.2) is 6.61 Å². The molecule has 0 saturated heterocycles. The molecular weight excluding hydrogens is 400 g/mol. The van der Waals surface area contributed by atoms with Gasteiger partial charge in [-0.1, -0.05) is 11.6 Å². The van der Waals surface area contributed by atoms with E-state index in [0.29, 0.717) is 33.5 Å². The first-order valence-electron chi connectivity index (χ1n) is 8.50. The molecule has 0 aliphatic rings. The minimum Gasteiger partial charge on any atom is -0.495 e. The van der Waals surface area contributed by atoms with Crippen molar-refractivity contribution in [1.29, 1.82) is 0 Å². The Bertz CT molecular complexity index is 968. The fraction of sp³-hybridized carbons (Fsp3) is 0.263. The zero-order valence-corrected chi connectivity index (χ0v) is 17.2. The van der Waals surface area contributed by atoms with Gasteiger partial charge in [0.05, 0.1) is 18.5 Å². The number of anilines is 2. The molecule has 2 amide bonds. The predicted molar refractivity (Wildman–Crippen MR) is 109 cm³/mol. The molecule has 2 aromatic rings. The summed E-state index contributed by atoms with van der Waals surface area (Å²) >= 11 is 6.08. The lowest BCUT2D eigenvalue weighted by atomic mass is 10.2. The zero-order chi connectivity index (χ0) is 21.6. The van der Waals surface area contributed by atoms with E-state index >= 15 is 0 Å². The molecular formula is C19H21ClN4O5. The number of hydrogen-bond donors (Lipinski definition) is 2. The molecule has 0 saturated carbocycles. The fourth-order valence-electron chi connectivity index (χ4n) is 2.44. The summed E-state index contributed by atoms with van der Waals surface area (Å²) in [7, 11) is 3.13. The highest BCUT2D eigenvalue weighted by atomic mass is 35.5. The minimum absolute atomic E-state index is 0.253. The van der Waals surface area contributed by atoms with Crippen LogP contribution in [0.25, 0.3) is 6.08 Å². The maximum atomic E-state index is 12.1. The molecule has 0 spiro atoms. The van der Waals surface area contributed by atoms with Gasteiger partial charge < -0.3 is 20.1 Å². The Kier molecular flexibility index (Phi) is 7.38. The predicted octanol–water partition coefficient (Wildman–Crippen LogP) is 2.54. The topological polar surface area (TPSA) is 112 Å². The Morgan fingerprint density at radius 3 is 2.59 bits per heavy atom. The van der Waals surface area contributed by atoms with Gasteiger partial charge in [-0.25, -0.2) is 4.79 Å².